The smallest absolute Gasteiger partial charge is 0.127 e. The summed E-state index contributed by atoms with van der Waals surface area (Å²) in [6.45, 7) is 3.00. The van der Waals surface area contributed by atoms with Crippen LogP contribution in [0.2, 0.25) is 0 Å². The first-order chi connectivity index (χ1) is 6.81. The maximum atomic E-state index is 4.25. The summed E-state index contributed by atoms with van der Waals surface area (Å²) in [5.41, 5.74) is 1.26. The first-order valence-electron chi connectivity index (χ1n) is 5.24. The van der Waals surface area contributed by atoms with Crippen molar-refractivity contribution in [3.05, 3.63) is 18.3 Å². The van der Waals surface area contributed by atoms with Gasteiger partial charge in [-0.3, -0.25) is 0 Å². The van der Waals surface area contributed by atoms with E-state index in [1.807, 2.05) is 6.20 Å². The van der Waals surface area contributed by atoms with E-state index in [-0.39, 0.29) is 0 Å². The zero-order valence-corrected chi connectivity index (χ0v) is 8.83. The average Bonchev–Trinajstić information content (AvgIpc) is 3.01. The van der Waals surface area contributed by atoms with Crippen LogP contribution in [-0.4, -0.2) is 24.6 Å². The molecule has 0 unspecified atom stereocenters. The second-order valence-corrected chi connectivity index (χ2v) is 3.77. The van der Waals surface area contributed by atoms with Gasteiger partial charge in [-0.15, -0.1) is 0 Å². The maximum Gasteiger partial charge on any atom is 0.127 e. The van der Waals surface area contributed by atoms with Crippen LogP contribution in [0.3, 0.4) is 0 Å². The number of aromatic nitrogens is 1. The number of nitrogens with one attached hydrogen (secondary N) is 1. The molecule has 1 aliphatic rings. The highest BCUT2D eigenvalue weighted by Crippen LogP contribution is 2.30. The number of nitrogens with zero attached hydrogens (tertiary/aromatic N) is 2. The van der Waals surface area contributed by atoms with Gasteiger partial charge in [0.05, 0.1) is 0 Å². The summed E-state index contributed by atoms with van der Waals surface area (Å²) in [6, 6.07) is 4.94. The molecule has 0 aliphatic heterocycles. The van der Waals surface area contributed by atoms with Crippen LogP contribution in [0.4, 0.5) is 11.5 Å². The average molecular weight is 191 g/mol. The normalized spacial score (nSPS) is 15.3. The van der Waals surface area contributed by atoms with Crippen molar-refractivity contribution in [3.63, 3.8) is 0 Å². The van der Waals surface area contributed by atoms with Gasteiger partial charge in [0.15, 0.2) is 0 Å². The lowest BCUT2D eigenvalue weighted by molar-refractivity contribution is 0.914. The van der Waals surface area contributed by atoms with Crippen LogP contribution in [0.15, 0.2) is 18.3 Å². The first-order valence-corrected chi connectivity index (χ1v) is 5.24. The third kappa shape index (κ3) is 1.97. The van der Waals surface area contributed by atoms with Crippen LogP contribution in [0.1, 0.15) is 19.8 Å². The van der Waals surface area contributed by atoms with E-state index < -0.39 is 0 Å². The van der Waals surface area contributed by atoms with Gasteiger partial charge in [-0.1, -0.05) is 0 Å². The fourth-order valence-corrected chi connectivity index (χ4v) is 1.59. The van der Waals surface area contributed by atoms with E-state index in [9.17, 15) is 0 Å². The highest BCUT2D eigenvalue weighted by Gasteiger charge is 2.26. The molecule has 0 radical (unpaired) electrons. The summed E-state index contributed by atoms with van der Waals surface area (Å²) in [5.74, 6) is 0.970. The van der Waals surface area contributed by atoms with Gasteiger partial charge < -0.3 is 10.2 Å². The summed E-state index contributed by atoms with van der Waals surface area (Å²) in [7, 11) is 2.16. The van der Waals surface area contributed by atoms with Crippen molar-refractivity contribution in [1.82, 2.24) is 4.98 Å². The van der Waals surface area contributed by atoms with Gasteiger partial charge >= 0.3 is 0 Å². The Labute approximate surface area is 85.1 Å². The summed E-state index contributed by atoms with van der Waals surface area (Å²) in [6.07, 6.45) is 4.52. The van der Waals surface area contributed by atoms with Crippen molar-refractivity contribution in [1.29, 1.82) is 0 Å². The molecule has 0 aromatic carbocycles. The highest BCUT2D eigenvalue weighted by molar-refractivity contribution is 5.54. The van der Waals surface area contributed by atoms with Crippen molar-refractivity contribution in [2.24, 2.45) is 0 Å². The predicted octanol–water partition coefficient (Wildman–Crippen LogP) is 2.11. The van der Waals surface area contributed by atoms with Gasteiger partial charge in [0.1, 0.15) is 5.82 Å². The van der Waals surface area contributed by atoms with Crippen molar-refractivity contribution in [3.8, 4) is 0 Å². The fourth-order valence-electron chi connectivity index (χ4n) is 1.59. The quantitative estimate of drug-likeness (QED) is 0.790. The van der Waals surface area contributed by atoms with Gasteiger partial charge in [0, 0.05) is 37.6 Å². The molecule has 1 aliphatic carbocycles. The maximum absolute atomic E-state index is 4.25. The lowest BCUT2D eigenvalue weighted by Gasteiger charge is -2.18. The third-order valence-corrected chi connectivity index (χ3v) is 2.60. The molecular formula is C11H17N3. The Morgan fingerprint density at radius 3 is 3.00 bits per heavy atom. The van der Waals surface area contributed by atoms with Crippen molar-refractivity contribution >= 4 is 11.5 Å². The molecule has 0 amide bonds. The van der Waals surface area contributed by atoms with Crippen LogP contribution in [0.25, 0.3) is 0 Å². The zero-order chi connectivity index (χ0) is 9.97. The topological polar surface area (TPSA) is 28.2 Å². The molecule has 1 aromatic rings. The molecule has 1 fully saturated rings. The van der Waals surface area contributed by atoms with Crippen molar-refractivity contribution in [2.75, 3.05) is 23.8 Å². The molecule has 0 atom stereocenters. The second kappa shape index (κ2) is 3.86. The summed E-state index contributed by atoms with van der Waals surface area (Å²) in [4.78, 5) is 6.59. The molecule has 3 nitrogen and oxygen atoms in total. The predicted molar refractivity (Wildman–Crippen MR) is 59.8 cm³/mol. The van der Waals surface area contributed by atoms with E-state index in [2.05, 4.69) is 41.3 Å². The van der Waals surface area contributed by atoms with E-state index >= 15 is 0 Å². The third-order valence-electron chi connectivity index (χ3n) is 2.60. The minimum atomic E-state index is 0.756. The molecule has 1 aromatic heterocycles. The van der Waals surface area contributed by atoms with E-state index in [1.165, 1.54) is 18.5 Å². The summed E-state index contributed by atoms with van der Waals surface area (Å²) in [5, 5.41) is 3.22. The van der Waals surface area contributed by atoms with Crippen LogP contribution in [0.5, 0.6) is 0 Å². The van der Waals surface area contributed by atoms with Gasteiger partial charge in [-0.25, -0.2) is 4.98 Å². The van der Waals surface area contributed by atoms with Crippen LogP contribution in [0, 0.1) is 0 Å². The van der Waals surface area contributed by atoms with Crippen molar-refractivity contribution in [2.45, 2.75) is 25.8 Å². The number of hydrogen-bond acceptors (Lipinski definition) is 3. The Balaban J connectivity index is 2.12. The van der Waals surface area contributed by atoms with Crippen LogP contribution in [-0.2, 0) is 0 Å². The Hall–Kier alpha value is -1.25. The highest BCUT2D eigenvalue weighted by atomic mass is 15.2. The molecular weight excluding hydrogens is 174 g/mol. The van der Waals surface area contributed by atoms with Gasteiger partial charge in [0.2, 0.25) is 0 Å². The lowest BCUT2D eigenvalue weighted by Crippen LogP contribution is -2.19. The Kier molecular flexibility index (Phi) is 2.57. The minimum absolute atomic E-state index is 0.756. The molecule has 0 saturated heterocycles. The molecule has 0 bridgehead atoms. The Morgan fingerprint density at radius 1 is 1.57 bits per heavy atom. The number of anilines is 2. The molecule has 1 heterocycles. The standard InChI is InChI=1S/C11H17N3/c1-3-12-11-8-10(6-7-13-11)14(2)9-4-5-9/h6-9H,3-5H2,1-2H3,(H,12,13). The van der Waals surface area contributed by atoms with Crippen LogP contribution >= 0.6 is 0 Å². The van der Waals surface area contributed by atoms with E-state index in [0.717, 1.165) is 18.4 Å². The second-order valence-electron chi connectivity index (χ2n) is 3.77. The first kappa shape index (κ1) is 9.31. The van der Waals surface area contributed by atoms with E-state index in [4.69, 9.17) is 0 Å². The summed E-state index contributed by atoms with van der Waals surface area (Å²) >= 11 is 0. The molecule has 1 N–H and O–H groups in total. The molecule has 0 spiro atoms. The molecule has 2 rings (SSSR count). The summed E-state index contributed by atoms with van der Waals surface area (Å²) < 4.78 is 0. The largest absolute Gasteiger partial charge is 0.371 e. The van der Waals surface area contributed by atoms with E-state index in [1.54, 1.807) is 0 Å². The van der Waals surface area contributed by atoms with E-state index in [0.29, 0.717) is 0 Å². The van der Waals surface area contributed by atoms with Crippen molar-refractivity contribution < 1.29 is 0 Å². The molecule has 3 heteroatoms. The lowest BCUT2D eigenvalue weighted by atomic mass is 10.3. The van der Waals surface area contributed by atoms with Gasteiger partial charge in [-0.05, 0) is 25.8 Å². The monoisotopic (exact) mass is 191 g/mol. The number of hydrogen-bond donors (Lipinski definition) is 1. The fraction of sp³-hybridized carbons (Fsp3) is 0.545. The Morgan fingerprint density at radius 2 is 2.36 bits per heavy atom. The van der Waals surface area contributed by atoms with Gasteiger partial charge in [0.25, 0.3) is 0 Å². The molecule has 14 heavy (non-hydrogen) atoms. The number of rotatable bonds is 4. The van der Waals surface area contributed by atoms with Gasteiger partial charge in [-0.2, -0.15) is 0 Å². The molecule has 76 valence electrons. The Bertz CT molecular complexity index is 307. The zero-order valence-electron chi connectivity index (χ0n) is 8.83. The minimum Gasteiger partial charge on any atom is -0.371 e. The van der Waals surface area contributed by atoms with Crippen LogP contribution < -0.4 is 10.2 Å². The SMILES string of the molecule is CCNc1cc(N(C)C2CC2)ccn1. The molecule has 1 saturated carbocycles. The number of pyridine rings is 1.